The Hall–Kier alpha value is -4.22. The van der Waals surface area contributed by atoms with Gasteiger partial charge in [-0.05, 0) is 24.3 Å². The number of methoxy groups -OCH3 is 4. The molecule has 0 aliphatic rings. The molecular formula is C27H24F5N3O7S2. The number of anilines is 1. The van der Waals surface area contributed by atoms with Crippen molar-refractivity contribution in [1.82, 2.24) is 9.36 Å². The van der Waals surface area contributed by atoms with E-state index in [-0.39, 0.29) is 29.1 Å². The molecule has 3 aromatic carbocycles. The van der Waals surface area contributed by atoms with Crippen molar-refractivity contribution in [3.05, 3.63) is 77.1 Å². The van der Waals surface area contributed by atoms with Crippen LogP contribution in [0.4, 0.5) is 27.1 Å². The van der Waals surface area contributed by atoms with Crippen molar-refractivity contribution < 1.29 is 54.1 Å². The zero-order valence-corrected chi connectivity index (χ0v) is 25.1. The summed E-state index contributed by atoms with van der Waals surface area (Å²) < 4.78 is 129. The summed E-state index contributed by atoms with van der Waals surface area (Å²) in [7, 11) is 0.380. The highest BCUT2D eigenvalue weighted by molar-refractivity contribution is 7.93. The van der Waals surface area contributed by atoms with Crippen LogP contribution in [0.3, 0.4) is 0 Å². The monoisotopic (exact) mass is 661 g/mol. The van der Waals surface area contributed by atoms with Crippen LogP contribution in [-0.4, -0.2) is 46.2 Å². The third-order valence-corrected chi connectivity index (χ3v) is 8.62. The highest BCUT2D eigenvalue weighted by Crippen LogP contribution is 2.38. The topological polar surface area (TPSA) is 109 Å². The highest BCUT2D eigenvalue weighted by Gasteiger charge is 2.34. The second kappa shape index (κ2) is 13.2. The van der Waals surface area contributed by atoms with E-state index in [2.05, 4.69) is 9.36 Å². The van der Waals surface area contributed by atoms with Crippen LogP contribution in [0.1, 0.15) is 17.0 Å². The average molecular weight is 662 g/mol. The molecule has 0 spiro atoms. The average Bonchev–Trinajstić information content (AvgIpc) is 3.44. The van der Waals surface area contributed by atoms with Crippen molar-refractivity contribution in [1.29, 1.82) is 0 Å². The van der Waals surface area contributed by atoms with Crippen LogP contribution in [0, 0.1) is 11.6 Å². The SMILES string of the molecule is COCc1nsc(N(Cc2ccc(OC)cc2OC)S(=O)(=O)c2cc(F)c(Oc3cc(OC)cc(C(F)(F)F)c3)cc2F)n1. The number of sulfonamides is 1. The van der Waals surface area contributed by atoms with E-state index in [1.807, 2.05) is 0 Å². The molecule has 4 rings (SSSR count). The van der Waals surface area contributed by atoms with Crippen molar-refractivity contribution in [2.45, 2.75) is 24.2 Å². The minimum atomic E-state index is -4.90. The molecule has 0 N–H and O–H groups in total. The van der Waals surface area contributed by atoms with E-state index < -0.39 is 56.3 Å². The van der Waals surface area contributed by atoms with Gasteiger partial charge in [-0.3, -0.25) is 0 Å². The molecule has 17 heteroatoms. The Balaban J connectivity index is 1.76. The van der Waals surface area contributed by atoms with Gasteiger partial charge in [-0.15, -0.1) is 0 Å². The lowest BCUT2D eigenvalue weighted by atomic mass is 10.2. The van der Waals surface area contributed by atoms with E-state index in [1.54, 1.807) is 6.07 Å². The summed E-state index contributed by atoms with van der Waals surface area (Å²) >= 11 is 0.677. The van der Waals surface area contributed by atoms with Crippen LogP contribution in [0.5, 0.6) is 28.7 Å². The van der Waals surface area contributed by atoms with Gasteiger partial charge in [0.25, 0.3) is 10.0 Å². The number of hydrogen-bond acceptors (Lipinski definition) is 10. The Morgan fingerprint density at radius 1 is 0.841 bits per heavy atom. The minimum absolute atomic E-state index is 0.0500. The summed E-state index contributed by atoms with van der Waals surface area (Å²) in [6.07, 6.45) is -4.79. The van der Waals surface area contributed by atoms with Crippen molar-refractivity contribution in [3.8, 4) is 28.7 Å². The van der Waals surface area contributed by atoms with Gasteiger partial charge in [0.1, 0.15) is 40.3 Å². The Morgan fingerprint density at radius 3 is 2.18 bits per heavy atom. The largest absolute Gasteiger partial charge is 0.497 e. The number of ether oxygens (including phenoxy) is 5. The Bertz CT molecular complexity index is 1750. The molecule has 236 valence electrons. The maximum Gasteiger partial charge on any atom is 0.416 e. The second-order valence-electron chi connectivity index (χ2n) is 8.83. The van der Waals surface area contributed by atoms with E-state index in [1.165, 1.54) is 33.5 Å². The van der Waals surface area contributed by atoms with Crippen LogP contribution in [0.25, 0.3) is 0 Å². The van der Waals surface area contributed by atoms with Crippen LogP contribution < -0.4 is 23.3 Å². The standard InChI is InChI=1S/C27H24F5N3O7S2/c1-38-14-25-33-26(43-34-25)35(13-15-5-6-17(39-2)10-22(15)41-4)44(36,37)24-12-20(28)23(11-21(24)29)42-19-8-16(27(30,31)32)7-18(9-19)40-3/h5-12H,13-14H2,1-4H3. The van der Waals surface area contributed by atoms with Gasteiger partial charge in [-0.1, -0.05) is 0 Å². The molecule has 0 aliphatic carbocycles. The zero-order chi connectivity index (χ0) is 32.2. The molecule has 0 radical (unpaired) electrons. The molecule has 0 aliphatic heterocycles. The van der Waals surface area contributed by atoms with E-state index >= 15 is 8.78 Å². The number of aromatic nitrogens is 2. The normalized spacial score (nSPS) is 11.8. The Kier molecular flexibility index (Phi) is 9.80. The molecule has 0 amide bonds. The maximum atomic E-state index is 15.5. The van der Waals surface area contributed by atoms with Gasteiger partial charge in [-0.2, -0.15) is 17.5 Å². The van der Waals surface area contributed by atoms with Gasteiger partial charge in [-0.25, -0.2) is 26.5 Å². The summed E-state index contributed by atoms with van der Waals surface area (Å²) in [5.41, 5.74) is -0.846. The molecule has 1 aromatic heterocycles. The van der Waals surface area contributed by atoms with Gasteiger partial charge >= 0.3 is 6.18 Å². The van der Waals surface area contributed by atoms with Crippen molar-refractivity contribution >= 4 is 26.7 Å². The van der Waals surface area contributed by atoms with E-state index in [4.69, 9.17) is 23.7 Å². The molecule has 0 unspecified atom stereocenters. The van der Waals surface area contributed by atoms with E-state index in [9.17, 15) is 21.6 Å². The van der Waals surface area contributed by atoms with Gasteiger partial charge in [0.05, 0.1) is 33.4 Å². The first-order chi connectivity index (χ1) is 20.8. The third-order valence-electron chi connectivity index (χ3n) is 5.98. The van der Waals surface area contributed by atoms with Gasteiger partial charge in [0, 0.05) is 48.5 Å². The van der Waals surface area contributed by atoms with Gasteiger partial charge in [0.2, 0.25) is 5.13 Å². The molecule has 0 atom stereocenters. The molecule has 0 saturated carbocycles. The summed E-state index contributed by atoms with van der Waals surface area (Å²) in [5.74, 6) is -3.69. The highest BCUT2D eigenvalue weighted by atomic mass is 32.2. The predicted octanol–water partition coefficient (Wildman–Crippen LogP) is 6.20. The molecule has 0 saturated heterocycles. The number of nitrogens with zero attached hydrogens (tertiary/aromatic N) is 3. The number of rotatable bonds is 12. The van der Waals surface area contributed by atoms with E-state index in [0.717, 1.165) is 13.2 Å². The van der Waals surface area contributed by atoms with Crippen molar-refractivity contribution in [2.24, 2.45) is 0 Å². The summed E-state index contributed by atoms with van der Waals surface area (Å²) in [5, 5.41) is -0.189. The van der Waals surface area contributed by atoms with E-state index in [0.29, 0.717) is 51.4 Å². The zero-order valence-electron chi connectivity index (χ0n) is 23.4. The summed E-state index contributed by atoms with van der Waals surface area (Å²) in [6.45, 7) is -0.494. The predicted molar refractivity (Wildman–Crippen MR) is 148 cm³/mol. The summed E-state index contributed by atoms with van der Waals surface area (Å²) in [6, 6.07) is 7.62. The fraction of sp³-hybridized carbons (Fsp3) is 0.259. The molecule has 0 bridgehead atoms. The van der Waals surface area contributed by atoms with Crippen LogP contribution in [0.2, 0.25) is 0 Å². The number of hydrogen-bond donors (Lipinski definition) is 0. The second-order valence-corrected chi connectivity index (χ2v) is 11.4. The lowest BCUT2D eigenvalue weighted by molar-refractivity contribution is -0.137. The quantitative estimate of drug-likeness (QED) is 0.164. The first-order valence-electron chi connectivity index (χ1n) is 12.3. The fourth-order valence-electron chi connectivity index (χ4n) is 3.87. The fourth-order valence-corrected chi connectivity index (χ4v) is 6.20. The molecular weight excluding hydrogens is 637 g/mol. The number of alkyl halides is 3. The lowest BCUT2D eigenvalue weighted by Gasteiger charge is -2.23. The molecule has 44 heavy (non-hydrogen) atoms. The molecule has 1 heterocycles. The molecule has 0 fully saturated rings. The maximum absolute atomic E-state index is 15.5. The van der Waals surface area contributed by atoms with Gasteiger partial charge in [0.15, 0.2) is 17.4 Å². The first-order valence-corrected chi connectivity index (χ1v) is 14.5. The van der Waals surface area contributed by atoms with Crippen LogP contribution in [-0.2, 0) is 34.1 Å². The Labute approximate surface area is 252 Å². The van der Waals surface area contributed by atoms with Crippen molar-refractivity contribution in [3.63, 3.8) is 0 Å². The van der Waals surface area contributed by atoms with Crippen molar-refractivity contribution in [2.75, 3.05) is 32.7 Å². The number of halogens is 5. The first kappa shape index (κ1) is 32.7. The Morgan fingerprint density at radius 2 is 1.55 bits per heavy atom. The van der Waals surface area contributed by atoms with Crippen LogP contribution in [0.15, 0.2) is 53.4 Å². The third kappa shape index (κ3) is 7.11. The smallest absolute Gasteiger partial charge is 0.416 e. The lowest BCUT2D eigenvalue weighted by Crippen LogP contribution is -2.31. The molecule has 4 aromatic rings. The van der Waals surface area contributed by atoms with Gasteiger partial charge < -0.3 is 23.7 Å². The number of benzene rings is 3. The molecule has 10 nitrogen and oxygen atoms in total. The van der Waals surface area contributed by atoms with Crippen LogP contribution >= 0.6 is 11.5 Å². The summed E-state index contributed by atoms with van der Waals surface area (Å²) in [4.78, 5) is 3.07. The minimum Gasteiger partial charge on any atom is -0.497 e.